The largest absolute Gasteiger partial charge is 0.496 e. The number of aliphatic imine (C=N–C) groups is 1. The molecule has 1 aliphatic carbocycles. The molecule has 0 saturated carbocycles. The molecule has 3 aromatic rings. The van der Waals surface area contributed by atoms with Gasteiger partial charge in [0, 0.05) is 28.4 Å². The van der Waals surface area contributed by atoms with E-state index >= 15 is 0 Å². The van der Waals surface area contributed by atoms with Crippen LogP contribution < -0.4 is 19.5 Å². The van der Waals surface area contributed by atoms with Gasteiger partial charge in [-0.15, -0.1) is 11.3 Å². The molecule has 2 aromatic carbocycles. The molecule has 1 unspecified atom stereocenters. The van der Waals surface area contributed by atoms with Gasteiger partial charge in [-0.05, 0) is 60.3 Å². The van der Waals surface area contributed by atoms with Crippen molar-refractivity contribution in [2.75, 3.05) is 26.6 Å². The topological polar surface area (TPSA) is 69.2 Å². The number of benzene rings is 2. The van der Waals surface area contributed by atoms with E-state index in [1.54, 1.807) is 44.9 Å². The van der Waals surface area contributed by atoms with Gasteiger partial charge < -0.3 is 19.5 Å². The molecular weight excluding hydrogens is 496 g/mol. The van der Waals surface area contributed by atoms with E-state index < -0.39 is 0 Å². The lowest BCUT2D eigenvalue weighted by Gasteiger charge is -2.33. The summed E-state index contributed by atoms with van der Waals surface area (Å²) in [5.41, 5.74) is 4.72. The molecule has 1 aromatic heterocycles. The quantitative estimate of drug-likeness (QED) is 0.304. The summed E-state index contributed by atoms with van der Waals surface area (Å²) in [4.78, 5) is 19.9. The number of anilines is 1. The van der Waals surface area contributed by atoms with E-state index in [4.69, 9.17) is 19.2 Å². The van der Waals surface area contributed by atoms with Crippen LogP contribution in [0.15, 0.2) is 41.4 Å². The van der Waals surface area contributed by atoms with E-state index in [1.807, 2.05) is 24.3 Å². The molecule has 38 heavy (non-hydrogen) atoms. The Labute approximate surface area is 230 Å². The molecule has 1 amide bonds. The second-order valence-electron chi connectivity index (χ2n) is 10.7. The standard InChI is InChI=1S/C31H38N2O4S/c1-8-19-11-9-10-12-23(19)33-29(34)28-22-14-13-21(31(2,3)4)16-27(22)38-30(28)32-18-20-15-25(36-6)26(37-7)17-24(20)35-5/h9-12,15,17-18,21H,8,13-14,16H2,1-7H3,(H,33,34)/b32-18+. The number of methoxy groups -OCH3 is 3. The molecule has 0 fully saturated rings. The van der Waals surface area contributed by atoms with E-state index in [9.17, 15) is 4.79 Å². The van der Waals surface area contributed by atoms with Gasteiger partial charge in [-0.1, -0.05) is 45.9 Å². The average molecular weight is 535 g/mol. The number of carbonyl (C=O) groups excluding carboxylic acids is 1. The zero-order valence-corrected chi connectivity index (χ0v) is 24.3. The molecular formula is C31H38N2O4S. The third-order valence-corrected chi connectivity index (χ3v) is 8.56. The second kappa shape index (κ2) is 11.6. The highest BCUT2D eigenvalue weighted by atomic mass is 32.1. The Balaban J connectivity index is 1.77. The smallest absolute Gasteiger partial charge is 0.259 e. The highest BCUT2D eigenvalue weighted by molar-refractivity contribution is 7.16. The number of amides is 1. The number of fused-ring (bicyclic) bond motifs is 1. The van der Waals surface area contributed by atoms with Gasteiger partial charge in [0.05, 0.1) is 26.9 Å². The van der Waals surface area contributed by atoms with E-state index in [0.717, 1.165) is 48.1 Å². The van der Waals surface area contributed by atoms with Crippen LogP contribution in [0.4, 0.5) is 10.7 Å². The maximum Gasteiger partial charge on any atom is 0.259 e. The zero-order valence-electron chi connectivity index (χ0n) is 23.4. The lowest BCUT2D eigenvalue weighted by atomic mass is 9.72. The van der Waals surface area contributed by atoms with Gasteiger partial charge in [-0.25, -0.2) is 4.99 Å². The molecule has 4 rings (SSSR count). The first-order valence-electron chi connectivity index (χ1n) is 13.1. The van der Waals surface area contributed by atoms with Crippen LogP contribution in [0.1, 0.15) is 66.0 Å². The van der Waals surface area contributed by atoms with E-state index in [2.05, 4.69) is 39.1 Å². The first-order chi connectivity index (χ1) is 18.2. The molecule has 1 aliphatic rings. The molecule has 7 heteroatoms. The fourth-order valence-corrected chi connectivity index (χ4v) is 6.32. The van der Waals surface area contributed by atoms with Crippen LogP contribution in [0.25, 0.3) is 0 Å². The number of ether oxygens (including phenoxy) is 3. The van der Waals surface area contributed by atoms with Crippen LogP contribution in [0.3, 0.4) is 0 Å². The predicted molar refractivity (Wildman–Crippen MR) is 156 cm³/mol. The van der Waals surface area contributed by atoms with Crippen LogP contribution in [-0.4, -0.2) is 33.5 Å². The van der Waals surface area contributed by atoms with Gasteiger partial charge >= 0.3 is 0 Å². The summed E-state index contributed by atoms with van der Waals surface area (Å²) >= 11 is 1.63. The number of rotatable bonds is 8. The van der Waals surface area contributed by atoms with Crippen molar-refractivity contribution in [3.63, 3.8) is 0 Å². The van der Waals surface area contributed by atoms with Gasteiger partial charge in [0.15, 0.2) is 11.5 Å². The minimum absolute atomic E-state index is 0.107. The Hall–Kier alpha value is -3.32. The maximum atomic E-state index is 13.8. The maximum absolute atomic E-state index is 13.8. The molecule has 1 heterocycles. The molecule has 0 radical (unpaired) electrons. The van der Waals surface area contributed by atoms with Gasteiger partial charge in [0.25, 0.3) is 5.91 Å². The number of para-hydroxylation sites is 1. The van der Waals surface area contributed by atoms with Gasteiger partial charge in [0.1, 0.15) is 10.8 Å². The van der Waals surface area contributed by atoms with E-state index in [1.165, 1.54) is 4.88 Å². The summed E-state index contributed by atoms with van der Waals surface area (Å²) in [6, 6.07) is 11.6. The van der Waals surface area contributed by atoms with Crippen LogP contribution in [0, 0.1) is 11.3 Å². The molecule has 1 atom stereocenters. The average Bonchev–Trinajstić information content (AvgIpc) is 3.28. The highest BCUT2D eigenvalue weighted by Gasteiger charge is 2.33. The van der Waals surface area contributed by atoms with Gasteiger partial charge in [0.2, 0.25) is 0 Å². The van der Waals surface area contributed by atoms with Crippen molar-refractivity contribution in [3.05, 3.63) is 63.5 Å². The molecule has 0 saturated heterocycles. The number of nitrogens with zero attached hydrogens (tertiary/aromatic N) is 1. The lowest BCUT2D eigenvalue weighted by molar-refractivity contribution is 0.102. The Morgan fingerprint density at radius 1 is 1.08 bits per heavy atom. The highest BCUT2D eigenvalue weighted by Crippen LogP contribution is 2.45. The van der Waals surface area contributed by atoms with Crippen LogP contribution in [0.5, 0.6) is 17.2 Å². The lowest BCUT2D eigenvalue weighted by Crippen LogP contribution is -2.27. The second-order valence-corrected chi connectivity index (χ2v) is 11.7. The first-order valence-corrected chi connectivity index (χ1v) is 13.9. The van der Waals surface area contributed by atoms with Crippen molar-refractivity contribution in [3.8, 4) is 17.2 Å². The normalized spacial score (nSPS) is 15.3. The van der Waals surface area contributed by atoms with Crippen LogP contribution >= 0.6 is 11.3 Å². The summed E-state index contributed by atoms with van der Waals surface area (Å²) in [5, 5.41) is 3.90. The zero-order chi connectivity index (χ0) is 27.4. The van der Waals surface area contributed by atoms with Crippen molar-refractivity contribution in [1.82, 2.24) is 0 Å². The van der Waals surface area contributed by atoms with E-state index in [-0.39, 0.29) is 11.3 Å². The third kappa shape index (κ3) is 5.73. The summed E-state index contributed by atoms with van der Waals surface area (Å²) in [6.45, 7) is 8.99. The van der Waals surface area contributed by atoms with E-state index in [0.29, 0.717) is 33.7 Å². The van der Waals surface area contributed by atoms with Crippen molar-refractivity contribution in [2.45, 2.75) is 53.4 Å². The van der Waals surface area contributed by atoms with Crippen molar-refractivity contribution >= 4 is 34.1 Å². The SMILES string of the molecule is CCc1ccccc1NC(=O)c1c(/N=C/c2cc(OC)c(OC)cc2OC)sc2c1CCC(C(C)(C)C)C2. The van der Waals surface area contributed by atoms with Gasteiger partial charge in [-0.3, -0.25) is 4.79 Å². The van der Waals surface area contributed by atoms with Crippen LogP contribution in [0.2, 0.25) is 0 Å². The predicted octanol–water partition coefficient (Wildman–Crippen LogP) is 7.49. The molecule has 0 bridgehead atoms. The number of nitrogens with one attached hydrogen (secondary N) is 1. The molecule has 0 aliphatic heterocycles. The molecule has 202 valence electrons. The summed E-state index contributed by atoms with van der Waals surface area (Å²) in [7, 11) is 4.80. The minimum atomic E-state index is -0.107. The number of hydrogen-bond acceptors (Lipinski definition) is 6. The van der Waals surface area contributed by atoms with Crippen molar-refractivity contribution in [1.29, 1.82) is 0 Å². The Bertz CT molecular complexity index is 1340. The third-order valence-electron chi connectivity index (χ3n) is 7.40. The van der Waals surface area contributed by atoms with Gasteiger partial charge in [-0.2, -0.15) is 0 Å². The Morgan fingerprint density at radius 2 is 1.76 bits per heavy atom. The van der Waals surface area contributed by atoms with Crippen molar-refractivity contribution in [2.24, 2.45) is 16.3 Å². The summed E-state index contributed by atoms with van der Waals surface area (Å²) in [6.07, 6.45) is 5.49. The number of aryl methyl sites for hydroxylation is 1. The molecule has 0 spiro atoms. The fraction of sp³-hybridized carbons (Fsp3) is 0.419. The summed E-state index contributed by atoms with van der Waals surface area (Å²) < 4.78 is 16.5. The van der Waals surface area contributed by atoms with Crippen LogP contribution in [-0.2, 0) is 19.3 Å². The fourth-order valence-electron chi connectivity index (χ4n) is 5.05. The monoisotopic (exact) mass is 534 g/mol. The minimum Gasteiger partial charge on any atom is -0.496 e. The Kier molecular flexibility index (Phi) is 8.46. The first kappa shape index (κ1) is 27.7. The molecule has 6 nitrogen and oxygen atoms in total. The number of hydrogen-bond donors (Lipinski definition) is 1. The number of carbonyl (C=O) groups is 1. The molecule has 1 N–H and O–H groups in total. The summed E-state index contributed by atoms with van der Waals surface area (Å²) in [5.74, 6) is 2.24. The van der Waals surface area contributed by atoms with Crippen molar-refractivity contribution < 1.29 is 19.0 Å². The number of thiophene rings is 1. The Morgan fingerprint density at radius 3 is 2.42 bits per heavy atom.